The van der Waals surface area contributed by atoms with Gasteiger partial charge >= 0.3 is 12.0 Å². The number of hydrogen-bond acceptors (Lipinski definition) is 2. The van der Waals surface area contributed by atoms with Crippen molar-refractivity contribution >= 4 is 12.0 Å². The third-order valence-electron chi connectivity index (χ3n) is 2.30. The maximum absolute atomic E-state index is 12.9. The molecule has 0 saturated carbocycles. The Morgan fingerprint density at radius 3 is 2.79 bits per heavy atom. The molecule has 19 heavy (non-hydrogen) atoms. The number of nitrogens with one attached hydrogen (secondary N) is 1. The van der Waals surface area contributed by atoms with Crippen molar-refractivity contribution in [2.75, 3.05) is 13.1 Å². The number of carboxylic acid groups (broad SMARTS) is 1. The van der Waals surface area contributed by atoms with Crippen molar-refractivity contribution in [3.8, 4) is 0 Å². The molecule has 1 rings (SSSR count). The fraction of sp³-hybridized carbons (Fsp3) is 0.231. The quantitative estimate of drug-likeness (QED) is 0.768. The molecule has 0 saturated heterocycles. The Morgan fingerprint density at radius 2 is 2.21 bits per heavy atom. The first kappa shape index (κ1) is 14.7. The molecular weight excluding hydrogens is 251 g/mol. The molecule has 2 N–H and O–H groups in total. The number of carbonyl (C=O) groups is 2. The summed E-state index contributed by atoms with van der Waals surface area (Å²) in [6.45, 7) is 3.30. The number of aliphatic carboxylic acids is 1. The van der Waals surface area contributed by atoms with Gasteiger partial charge < -0.3 is 15.3 Å². The van der Waals surface area contributed by atoms with Crippen molar-refractivity contribution in [1.29, 1.82) is 0 Å². The lowest BCUT2D eigenvalue weighted by atomic mass is 10.2. The van der Waals surface area contributed by atoms with E-state index in [-0.39, 0.29) is 18.9 Å². The highest BCUT2D eigenvalue weighted by Gasteiger charge is 2.14. The van der Waals surface area contributed by atoms with Crippen LogP contribution in [0.15, 0.2) is 36.9 Å². The summed E-state index contributed by atoms with van der Waals surface area (Å²) in [4.78, 5) is 23.4. The molecule has 6 heteroatoms. The van der Waals surface area contributed by atoms with Crippen LogP contribution in [0.4, 0.5) is 9.18 Å². The number of carbonyl (C=O) groups excluding carboxylic acids is 1. The highest BCUT2D eigenvalue weighted by molar-refractivity contribution is 5.80. The minimum atomic E-state index is -1.11. The fourth-order valence-electron chi connectivity index (χ4n) is 1.47. The van der Waals surface area contributed by atoms with E-state index in [1.807, 2.05) is 0 Å². The van der Waals surface area contributed by atoms with Gasteiger partial charge in [-0.2, -0.15) is 0 Å². The van der Waals surface area contributed by atoms with Crippen LogP contribution in [-0.4, -0.2) is 35.1 Å². The van der Waals surface area contributed by atoms with Crippen LogP contribution in [0.1, 0.15) is 5.56 Å². The summed E-state index contributed by atoms with van der Waals surface area (Å²) >= 11 is 0. The number of amides is 2. The van der Waals surface area contributed by atoms with Gasteiger partial charge in [-0.15, -0.1) is 6.58 Å². The molecule has 5 nitrogen and oxygen atoms in total. The van der Waals surface area contributed by atoms with Crippen LogP contribution in [-0.2, 0) is 11.3 Å². The number of nitrogens with zero attached hydrogens (tertiary/aromatic N) is 1. The molecule has 2 amide bonds. The number of rotatable bonds is 6. The molecule has 0 bridgehead atoms. The van der Waals surface area contributed by atoms with Crippen LogP contribution in [0, 0.1) is 5.82 Å². The van der Waals surface area contributed by atoms with E-state index in [4.69, 9.17) is 5.11 Å². The molecule has 0 unspecified atom stereocenters. The summed E-state index contributed by atoms with van der Waals surface area (Å²) in [6.07, 6.45) is 1.44. The summed E-state index contributed by atoms with van der Waals surface area (Å²) in [5.41, 5.74) is 0.599. The van der Waals surface area contributed by atoms with Gasteiger partial charge in [-0.3, -0.25) is 4.79 Å². The van der Waals surface area contributed by atoms with Crippen LogP contribution in [0.3, 0.4) is 0 Å². The highest BCUT2D eigenvalue weighted by Crippen LogP contribution is 2.03. The minimum Gasteiger partial charge on any atom is -0.480 e. The van der Waals surface area contributed by atoms with Gasteiger partial charge in [-0.05, 0) is 17.7 Å². The number of carboxylic acids is 1. The summed E-state index contributed by atoms with van der Waals surface area (Å²) in [5.74, 6) is -1.50. The monoisotopic (exact) mass is 266 g/mol. The van der Waals surface area contributed by atoms with E-state index in [0.29, 0.717) is 5.56 Å². The zero-order valence-electron chi connectivity index (χ0n) is 10.3. The number of benzene rings is 1. The number of urea groups is 1. The van der Waals surface area contributed by atoms with Gasteiger partial charge in [0.25, 0.3) is 0 Å². The second-order valence-electron chi connectivity index (χ2n) is 3.85. The van der Waals surface area contributed by atoms with E-state index in [2.05, 4.69) is 11.9 Å². The van der Waals surface area contributed by atoms with Gasteiger partial charge in [0.05, 0.1) is 0 Å². The summed E-state index contributed by atoms with van der Waals surface area (Å²) in [5, 5.41) is 11.2. The minimum absolute atomic E-state index is 0.126. The smallest absolute Gasteiger partial charge is 0.323 e. The Bertz CT molecular complexity index is 477. The Hall–Kier alpha value is -2.37. The first-order valence-corrected chi connectivity index (χ1v) is 5.63. The standard InChI is InChI=1S/C13H15FN2O3/c1-2-6-16(9-12(17)18)13(19)15-8-10-4-3-5-11(14)7-10/h2-5,7H,1,6,8-9H2,(H,15,19)(H,17,18). The first-order chi connectivity index (χ1) is 9.02. The van der Waals surface area contributed by atoms with Gasteiger partial charge in [0.15, 0.2) is 0 Å². The molecule has 0 atom stereocenters. The highest BCUT2D eigenvalue weighted by atomic mass is 19.1. The van der Waals surface area contributed by atoms with E-state index < -0.39 is 18.5 Å². The molecule has 0 aromatic heterocycles. The SMILES string of the molecule is C=CCN(CC(=O)O)C(=O)NCc1cccc(F)c1. The van der Waals surface area contributed by atoms with Gasteiger partial charge in [-0.1, -0.05) is 18.2 Å². The molecule has 102 valence electrons. The van der Waals surface area contributed by atoms with E-state index in [9.17, 15) is 14.0 Å². The van der Waals surface area contributed by atoms with Crippen LogP contribution in [0.2, 0.25) is 0 Å². The lowest BCUT2D eigenvalue weighted by molar-refractivity contribution is -0.137. The predicted octanol–water partition coefficient (Wildman–Crippen LogP) is 1.61. The number of hydrogen-bond donors (Lipinski definition) is 2. The van der Waals surface area contributed by atoms with Crippen molar-refractivity contribution in [3.05, 3.63) is 48.3 Å². The van der Waals surface area contributed by atoms with Gasteiger partial charge in [0, 0.05) is 13.1 Å². The van der Waals surface area contributed by atoms with E-state index in [1.54, 1.807) is 6.07 Å². The lowest BCUT2D eigenvalue weighted by Gasteiger charge is -2.19. The van der Waals surface area contributed by atoms with Crippen molar-refractivity contribution in [3.63, 3.8) is 0 Å². The maximum Gasteiger partial charge on any atom is 0.323 e. The molecule has 0 aliphatic heterocycles. The molecule has 0 aliphatic carbocycles. The second-order valence-corrected chi connectivity index (χ2v) is 3.85. The molecule has 0 heterocycles. The maximum atomic E-state index is 12.9. The van der Waals surface area contributed by atoms with Crippen molar-refractivity contribution in [2.24, 2.45) is 0 Å². The third-order valence-corrected chi connectivity index (χ3v) is 2.30. The lowest BCUT2D eigenvalue weighted by Crippen LogP contribution is -2.42. The Morgan fingerprint density at radius 1 is 1.47 bits per heavy atom. The van der Waals surface area contributed by atoms with Crippen molar-refractivity contribution in [1.82, 2.24) is 10.2 Å². The Balaban J connectivity index is 2.56. The van der Waals surface area contributed by atoms with Crippen LogP contribution in [0.25, 0.3) is 0 Å². The summed E-state index contributed by atoms with van der Waals surface area (Å²) in [7, 11) is 0. The largest absolute Gasteiger partial charge is 0.480 e. The first-order valence-electron chi connectivity index (χ1n) is 5.63. The third kappa shape index (κ3) is 5.20. The molecule has 0 radical (unpaired) electrons. The van der Waals surface area contributed by atoms with Gasteiger partial charge in [0.1, 0.15) is 12.4 Å². The second kappa shape index (κ2) is 7.15. The normalized spacial score (nSPS) is 9.74. The van der Waals surface area contributed by atoms with Crippen LogP contribution >= 0.6 is 0 Å². The van der Waals surface area contributed by atoms with Crippen LogP contribution in [0.5, 0.6) is 0 Å². The summed E-state index contributed by atoms with van der Waals surface area (Å²) in [6, 6.07) is 5.27. The summed E-state index contributed by atoms with van der Waals surface area (Å²) < 4.78 is 12.9. The fourth-order valence-corrected chi connectivity index (χ4v) is 1.47. The van der Waals surface area contributed by atoms with Gasteiger partial charge in [-0.25, -0.2) is 9.18 Å². The van der Waals surface area contributed by atoms with E-state index in [0.717, 1.165) is 4.90 Å². The molecule has 0 aliphatic rings. The van der Waals surface area contributed by atoms with Crippen molar-refractivity contribution in [2.45, 2.75) is 6.54 Å². The molecule has 1 aromatic rings. The Labute approximate surface area is 110 Å². The Kier molecular flexibility index (Phi) is 5.53. The molecule has 1 aromatic carbocycles. The van der Waals surface area contributed by atoms with E-state index in [1.165, 1.54) is 24.3 Å². The predicted molar refractivity (Wildman–Crippen MR) is 68.0 cm³/mol. The average Bonchev–Trinajstić information content (AvgIpc) is 2.35. The zero-order chi connectivity index (χ0) is 14.3. The molecule has 0 spiro atoms. The van der Waals surface area contributed by atoms with Gasteiger partial charge in [0.2, 0.25) is 0 Å². The van der Waals surface area contributed by atoms with Crippen molar-refractivity contribution < 1.29 is 19.1 Å². The van der Waals surface area contributed by atoms with E-state index >= 15 is 0 Å². The topological polar surface area (TPSA) is 69.6 Å². The average molecular weight is 266 g/mol. The zero-order valence-corrected chi connectivity index (χ0v) is 10.3. The molecule has 0 fully saturated rings. The van der Waals surface area contributed by atoms with Crippen LogP contribution < -0.4 is 5.32 Å². The number of halogens is 1. The molecular formula is C13H15FN2O3.